The average molecular weight is 373 g/mol. The van der Waals surface area contributed by atoms with Gasteiger partial charge in [-0.15, -0.1) is 11.8 Å². The van der Waals surface area contributed by atoms with E-state index in [4.69, 9.17) is 0 Å². The van der Waals surface area contributed by atoms with Crippen LogP contribution >= 0.6 is 11.8 Å². The van der Waals surface area contributed by atoms with E-state index in [-0.39, 0.29) is 11.7 Å². The zero-order valence-electron chi connectivity index (χ0n) is 13.5. The summed E-state index contributed by atoms with van der Waals surface area (Å²) in [5, 5.41) is 1.56. The Bertz CT molecular complexity index is 986. The van der Waals surface area contributed by atoms with Gasteiger partial charge in [-0.05, 0) is 40.6 Å². The number of fused-ring (bicyclic) bond motifs is 1. The molecular formula is C20H14F3NOS. The normalized spacial score (nSPS) is 17.9. The highest BCUT2D eigenvalue weighted by Crippen LogP contribution is 2.43. The second-order valence-corrected chi connectivity index (χ2v) is 7.15. The summed E-state index contributed by atoms with van der Waals surface area (Å²) in [4.78, 5) is 14.0. The topological polar surface area (TPSA) is 20.3 Å². The first-order valence-electron chi connectivity index (χ1n) is 8.03. The van der Waals surface area contributed by atoms with Crippen molar-refractivity contribution in [1.29, 1.82) is 0 Å². The van der Waals surface area contributed by atoms with Crippen LogP contribution in [-0.4, -0.2) is 11.7 Å². The maximum Gasteiger partial charge on any atom is 0.416 e. The fourth-order valence-electron chi connectivity index (χ4n) is 3.14. The van der Waals surface area contributed by atoms with Crippen molar-refractivity contribution in [3.63, 3.8) is 0 Å². The summed E-state index contributed by atoms with van der Waals surface area (Å²) in [5.74, 6) is 0.140. The third-order valence-corrected chi connectivity index (χ3v) is 5.59. The van der Waals surface area contributed by atoms with E-state index < -0.39 is 17.1 Å². The fourth-order valence-corrected chi connectivity index (χ4v) is 4.31. The Balaban J connectivity index is 1.75. The minimum Gasteiger partial charge on any atom is -0.295 e. The monoisotopic (exact) mass is 373 g/mol. The standard InChI is InChI=1S/C20H14F3NOS/c21-20(22,23)16-7-3-6-15(10-16)19-24(18(25)12-26-19)17-9-8-13-4-1-2-5-14(13)11-17/h1-11,19H,12H2. The summed E-state index contributed by atoms with van der Waals surface area (Å²) in [6, 6.07) is 18.6. The smallest absolute Gasteiger partial charge is 0.295 e. The highest BCUT2D eigenvalue weighted by atomic mass is 32.2. The predicted molar refractivity (Wildman–Crippen MR) is 98.1 cm³/mol. The van der Waals surface area contributed by atoms with Gasteiger partial charge in [-0.25, -0.2) is 0 Å². The first-order valence-corrected chi connectivity index (χ1v) is 9.08. The maximum absolute atomic E-state index is 13.0. The molecule has 132 valence electrons. The van der Waals surface area contributed by atoms with Gasteiger partial charge < -0.3 is 0 Å². The van der Waals surface area contributed by atoms with Crippen molar-refractivity contribution in [2.24, 2.45) is 0 Å². The van der Waals surface area contributed by atoms with Crippen molar-refractivity contribution in [2.45, 2.75) is 11.6 Å². The number of alkyl halides is 3. The number of rotatable bonds is 2. The van der Waals surface area contributed by atoms with Crippen LogP contribution in [0.15, 0.2) is 66.7 Å². The number of hydrogen-bond donors (Lipinski definition) is 0. The molecule has 0 spiro atoms. The van der Waals surface area contributed by atoms with Crippen molar-refractivity contribution >= 4 is 34.1 Å². The summed E-state index contributed by atoms with van der Waals surface area (Å²) in [5.41, 5.74) is 0.471. The number of benzene rings is 3. The van der Waals surface area contributed by atoms with Crippen molar-refractivity contribution in [2.75, 3.05) is 10.7 Å². The van der Waals surface area contributed by atoms with Crippen LogP contribution in [0, 0.1) is 0 Å². The Hall–Kier alpha value is -2.47. The van der Waals surface area contributed by atoms with Gasteiger partial charge >= 0.3 is 6.18 Å². The first kappa shape index (κ1) is 17.0. The molecule has 26 heavy (non-hydrogen) atoms. The summed E-state index contributed by atoms with van der Waals surface area (Å²) in [7, 11) is 0. The van der Waals surface area contributed by atoms with E-state index in [1.165, 1.54) is 17.8 Å². The Morgan fingerprint density at radius 3 is 2.46 bits per heavy atom. The average Bonchev–Trinajstić information content (AvgIpc) is 3.02. The van der Waals surface area contributed by atoms with Crippen molar-refractivity contribution in [3.8, 4) is 0 Å². The van der Waals surface area contributed by atoms with E-state index in [9.17, 15) is 18.0 Å². The molecule has 0 N–H and O–H groups in total. The minimum absolute atomic E-state index is 0.104. The van der Waals surface area contributed by atoms with Gasteiger partial charge in [0.15, 0.2) is 0 Å². The number of amides is 1. The van der Waals surface area contributed by atoms with Crippen LogP contribution in [0.2, 0.25) is 0 Å². The molecule has 1 heterocycles. The lowest BCUT2D eigenvalue weighted by Crippen LogP contribution is -2.27. The fraction of sp³-hybridized carbons (Fsp3) is 0.150. The van der Waals surface area contributed by atoms with Gasteiger partial charge in [-0.1, -0.05) is 42.5 Å². The van der Waals surface area contributed by atoms with Crippen LogP contribution in [0.1, 0.15) is 16.5 Å². The van der Waals surface area contributed by atoms with Crippen LogP contribution in [0.4, 0.5) is 18.9 Å². The maximum atomic E-state index is 13.0. The summed E-state index contributed by atoms with van der Waals surface area (Å²) in [6.07, 6.45) is -4.41. The molecule has 1 atom stereocenters. The molecule has 1 amide bonds. The molecule has 0 radical (unpaired) electrons. The number of thioether (sulfide) groups is 1. The predicted octanol–water partition coefficient (Wildman–Crippen LogP) is 5.64. The van der Waals surface area contributed by atoms with Crippen molar-refractivity contribution in [3.05, 3.63) is 77.9 Å². The molecule has 1 unspecified atom stereocenters. The molecule has 4 rings (SSSR count). The van der Waals surface area contributed by atoms with E-state index in [2.05, 4.69) is 0 Å². The van der Waals surface area contributed by atoms with Gasteiger partial charge in [0.1, 0.15) is 5.37 Å². The second-order valence-electron chi connectivity index (χ2n) is 6.08. The molecule has 3 aromatic rings. The number of anilines is 1. The summed E-state index contributed by atoms with van der Waals surface area (Å²) < 4.78 is 39.1. The molecule has 1 aliphatic heterocycles. The van der Waals surface area contributed by atoms with E-state index >= 15 is 0 Å². The number of nitrogens with zero attached hydrogens (tertiary/aromatic N) is 1. The number of carbonyl (C=O) groups is 1. The van der Waals surface area contributed by atoms with Gasteiger partial charge in [-0.2, -0.15) is 13.2 Å². The molecule has 1 fully saturated rings. The largest absolute Gasteiger partial charge is 0.416 e. The van der Waals surface area contributed by atoms with Gasteiger partial charge in [0.25, 0.3) is 0 Å². The molecule has 1 saturated heterocycles. The lowest BCUT2D eigenvalue weighted by molar-refractivity contribution is -0.137. The quantitative estimate of drug-likeness (QED) is 0.580. The molecular weight excluding hydrogens is 359 g/mol. The van der Waals surface area contributed by atoms with Crippen LogP contribution < -0.4 is 4.90 Å². The Morgan fingerprint density at radius 2 is 1.69 bits per heavy atom. The number of carbonyl (C=O) groups excluding carboxylic acids is 1. The molecule has 2 nitrogen and oxygen atoms in total. The Morgan fingerprint density at radius 1 is 0.923 bits per heavy atom. The second kappa shape index (κ2) is 6.36. The van der Waals surface area contributed by atoms with Gasteiger partial charge in [-0.3, -0.25) is 9.69 Å². The van der Waals surface area contributed by atoms with Crippen LogP contribution in [0.5, 0.6) is 0 Å². The van der Waals surface area contributed by atoms with Gasteiger partial charge in [0.2, 0.25) is 5.91 Å². The summed E-state index contributed by atoms with van der Waals surface area (Å²) in [6.45, 7) is 0. The minimum atomic E-state index is -4.41. The van der Waals surface area contributed by atoms with E-state index in [0.717, 1.165) is 22.9 Å². The third kappa shape index (κ3) is 3.05. The zero-order chi connectivity index (χ0) is 18.3. The molecule has 1 aliphatic rings. The van der Waals surface area contributed by atoms with Gasteiger partial charge in [0, 0.05) is 5.69 Å². The molecule has 6 heteroatoms. The van der Waals surface area contributed by atoms with Crippen LogP contribution in [0.25, 0.3) is 10.8 Å². The summed E-state index contributed by atoms with van der Waals surface area (Å²) >= 11 is 1.34. The molecule has 0 bridgehead atoms. The molecule has 0 saturated carbocycles. The zero-order valence-corrected chi connectivity index (χ0v) is 14.3. The Kier molecular flexibility index (Phi) is 4.15. The first-order chi connectivity index (χ1) is 12.4. The van der Waals surface area contributed by atoms with E-state index in [1.54, 1.807) is 11.0 Å². The van der Waals surface area contributed by atoms with Crippen molar-refractivity contribution < 1.29 is 18.0 Å². The SMILES string of the molecule is O=C1CSC(c2cccc(C(F)(F)F)c2)N1c1ccc2ccccc2c1. The lowest BCUT2D eigenvalue weighted by atomic mass is 10.1. The lowest BCUT2D eigenvalue weighted by Gasteiger charge is -2.25. The highest BCUT2D eigenvalue weighted by Gasteiger charge is 2.36. The van der Waals surface area contributed by atoms with Crippen molar-refractivity contribution in [1.82, 2.24) is 0 Å². The van der Waals surface area contributed by atoms with Gasteiger partial charge in [0.05, 0.1) is 11.3 Å². The Labute approximate surface area is 152 Å². The van der Waals surface area contributed by atoms with Crippen LogP contribution in [-0.2, 0) is 11.0 Å². The highest BCUT2D eigenvalue weighted by molar-refractivity contribution is 8.00. The number of halogens is 3. The molecule has 3 aromatic carbocycles. The number of hydrogen-bond acceptors (Lipinski definition) is 2. The molecule has 0 aromatic heterocycles. The molecule has 0 aliphatic carbocycles. The van der Waals surface area contributed by atoms with E-state index in [0.29, 0.717) is 11.3 Å². The van der Waals surface area contributed by atoms with E-state index in [1.807, 2.05) is 42.5 Å². The van der Waals surface area contributed by atoms with Crippen LogP contribution in [0.3, 0.4) is 0 Å². The third-order valence-electron chi connectivity index (χ3n) is 4.38.